The number of ether oxygens (including phenoxy) is 1. The van der Waals surface area contributed by atoms with Crippen molar-refractivity contribution in [1.82, 2.24) is 0 Å². The third kappa shape index (κ3) is 1.44. The minimum Gasteiger partial charge on any atom is -0.363 e. The first-order valence-electron chi connectivity index (χ1n) is 4.32. The van der Waals surface area contributed by atoms with Crippen molar-refractivity contribution in [2.24, 2.45) is 5.92 Å². The molecule has 12 heavy (non-hydrogen) atoms. The molecule has 0 fully saturated rings. The highest BCUT2D eigenvalue weighted by Crippen LogP contribution is 2.31. The summed E-state index contributed by atoms with van der Waals surface area (Å²) < 4.78 is 5.53. The molecule has 1 rings (SSSR count). The van der Waals surface area contributed by atoms with Gasteiger partial charge in [0.25, 0.3) is 0 Å². The van der Waals surface area contributed by atoms with Crippen LogP contribution in [0.4, 0.5) is 0 Å². The monoisotopic (exact) mass is 168 g/mol. The van der Waals surface area contributed by atoms with Gasteiger partial charge in [0.1, 0.15) is 6.61 Å². The van der Waals surface area contributed by atoms with Crippen LogP contribution in [0.25, 0.3) is 0 Å². The summed E-state index contributed by atoms with van der Waals surface area (Å²) in [5, 5.41) is 0. The van der Waals surface area contributed by atoms with E-state index in [0.717, 1.165) is 5.57 Å². The van der Waals surface area contributed by atoms with E-state index in [0.29, 0.717) is 5.92 Å². The van der Waals surface area contributed by atoms with Gasteiger partial charge in [-0.25, -0.2) is 0 Å². The Bertz CT molecular complexity index is 228. The Morgan fingerprint density at radius 3 is 2.58 bits per heavy atom. The summed E-state index contributed by atoms with van der Waals surface area (Å²) in [6.45, 7) is 8.43. The zero-order chi connectivity index (χ0) is 9.35. The van der Waals surface area contributed by atoms with Gasteiger partial charge in [-0.3, -0.25) is 4.79 Å². The second-order valence-electron chi connectivity index (χ2n) is 3.84. The molecule has 0 aromatic carbocycles. The summed E-state index contributed by atoms with van der Waals surface area (Å²) in [5.41, 5.74) is 0.794. The first kappa shape index (κ1) is 9.46. The molecule has 0 bridgehead atoms. The maximum absolute atomic E-state index is 11.0. The Morgan fingerprint density at radius 2 is 2.17 bits per heavy atom. The van der Waals surface area contributed by atoms with Crippen LogP contribution < -0.4 is 0 Å². The van der Waals surface area contributed by atoms with Crippen molar-refractivity contribution >= 4 is 5.78 Å². The summed E-state index contributed by atoms with van der Waals surface area (Å²) in [6.07, 6.45) is 1.70. The molecule has 0 saturated heterocycles. The molecular weight excluding hydrogens is 152 g/mol. The van der Waals surface area contributed by atoms with Gasteiger partial charge in [-0.2, -0.15) is 0 Å². The van der Waals surface area contributed by atoms with Gasteiger partial charge in [0, 0.05) is 0 Å². The van der Waals surface area contributed by atoms with Crippen molar-refractivity contribution in [3.63, 3.8) is 0 Å². The number of carbonyl (C=O) groups is 1. The van der Waals surface area contributed by atoms with E-state index in [2.05, 4.69) is 13.8 Å². The number of ketones is 1. The topological polar surface area (TPSA) is 26.3 Å². The predicted octanol–water partition coefficient (Wildman–Crippen LogP) is 1.95. The van der Waals surface area contributed by atoms with Crippen molar-refractivity contribution in [3.05, 3.63) is 11.6 Å². The van der Waals surface area contributed by atoms with Crippen LogP contribution in [-0.2, 0) is 9.53 Å². The van der Waals surface area contributed by atoms with Gasteiger partial charge in [0.05, 0.1) is 5.60 Å². The van der Waals surface area contributed by atoms with Gasteiger partial charge in [0.2, 0.25) is 0 Å². The Labute approximate surface area is 73.6 Å². The second-order valence-corrected chi connectivity index (χ2v) is 3.84. The molecule has 0 aromatic heterocycles. The van der Waals surface area contributed by atoms with Gasteiger partial charge in [-0.1, -0.05) is 13.8 Å². The molecule has 2 nitrogen and oxygen atoms in total. The van der Waals surface area contributed by atoms with Crippen LogP contribution >= 0.6 is 0 Å². The molecule has 1 unspecified atom stereocenters. The Hall–Kier alpha value is -0.630. The largest absolute Gasteiger partial charge is 0.363 e. The normalized spacial score (nSPS) is 30.8. The number of rotatable bonds is 1. The van der Waals surface area contributed by atoms with Crippen LogP contribution in [0.15, 0.2) is 11.6 Å². The molecule has 68 valence electrons. The first-order valence-corrected chi connectivity index (χ1v) is 4.32. The lowest BCUT2D eigenvalue weighted by Crippen LogP contribution is -2.41. The highest BCUT2D eigenvalue weighted by molar-refractivity contribution is 5.92. The zero-order valence-corrected chi connectivity index (χ0v) is 8.18. The van der Waals surface area contributed by atoms with E-state index in [-0.39, 0.29) is 18.0 Å². The van der Waals surface area contributed by atoms with Crippen LogP contribution in [0.5, 0.6) is 0 Å². The zero-order valence-electron chi connectivity index (χ0n) is 8.18. The van der Waals surface area contributed by atoms with Gasteiger partial charge in [-0.15, -0.1) is 0 Å². The van der Waals surface area contributed by atoms with E-state index < -0.39 is 0 Å². The van der Waals surface area contributed by atoms with Crippen LogP contribution in [0.1, 0.15) is 27.7 Å². The van der Waals surface area contributed by atoms with E-state index in [1.54, 1.807) is 6.08 Å². The molecule has 1 heterocycles. The molecule has 0 aromatic rings. The second kappa shape index (κ2) is 3.02. The molecule has 0 saturated carbocycles. The third-order valence-corrected chi connectivity index (χ3v) is 2.78. The number of carbonyl (C=O) groups excluding carboxylic acids is 1. The van der Waals surface area contributed by atoms with Crippen LogP contribution in [0, 0.1) is 5.92 Å². The highest BCUT2D eigenvalue weighted by Gasteiger charge is 2.34. The maximum Gasteiger partial charge on any atom is 0.181 e. The molecular formula is C10H16O2. The molecule has 0 amide bonds. The lowest BCUT2D eigenvalue weighted by atomic mass is 9.83. The summed E-state index contributed by atoms with van der Waals surface area (Å²) >= 11 is 0. The fourth-order valence-electron chi connectivity index (χ4n) is 1.38. The minimum atomic E-state index is -0.242. The standard InChI is InChI=1S/C10H16O2/c1-7(2)10(4)8(3)5-9(11)6-12-10/h5,7H,6H2,1-4H3. The number of hydrogen-bond donors (Lipinski definition) is 0. The van der Waals surface area contributed by atoms with Crippen molar-refractivity contribution in [1.29, 1.82) is 0 Å². The van der Waals surface area contributed by atoms with E-state index in [1.165, 1.54) is 0 Å². The van der Waals surface area contributed by atoms with E-state index in [9.17, 15) is 4.79 Å². The lowest BCUT2D eigenvalue weighted by molar-refractivity contribution is -0.128. The summed E-state index contributed by atoms with van der Waals surface area (Å²) in [5.74, 6) is 0.479. The molecule has 1 atom stereocenters. The Kier molecular flexibility index (Phi) is 2.38. The Balaban J connectivity index is 2.94. The van der Waals surface area contributed by atoms with Crippen molar-refractivity contribution in [3.8, 4) is 0 Å². The SMILES string of the molecule is CC1=CC(=O)COC1(C)C(C)C. The quantitative estimate of drug-likeness (QED) is 0.598. The fourth-order valence-corrected chi connectivity index (χ4v) is 1.38. The predicted molar refractivity (Wildman–Crippen MR) is 48.0 cm³/mol. The van der Waals surface area contributed by atoms with Crippen LogP contribution in [0.3, 0.4) is 0 Å². The summed E-state index contributed by atoms with van der Waals surface area (Å²) in [7, 11) is 0. The maximum atomic E-state index is 11.0. The van der Waals surface area contributed by atoms with E-state index >= 15 is 0 Å². The van der Waals surface area contributed by atoms with Gasteiger partial charge in [0.15, 0.2) is 5.78 Å². The van der Waals surface area contributed by atoms with Crippen LogP contribution in [0.2, 0.25) is 0 Å². The molecule has 2 heteroatoms. The molecule has 1 aliphatic heterocycles. The minimum absolute atomic E-state index is 0.0747. The molecule has 1 aliphatic rings. The van der Waals surface area contributed by atoms with Crippen molar-refractivity contribution in [2.75, 3.05) is 6.61 Å². The summed E-state index contributed by atoms with van der Waals surface area (Å²) in [4.78, 5) is 11.0. The van der Waals surface area contributed by atoms with E-state index in [4.69, 9.17) is 4.74 Å². The Morgan fingerprint density at radius 1 is 1.58 bits per heavy atom. The van der Waals surface area contributed by atoms with Gasteiger partial charge >= 0.3 is 0 Å². The third-order valence-electron chi connectivity index (χ3n) is 2.78. The lowest BCUT2D eigenvalue weighted by Gasteiger charge is -2.37. The van der Waals surface area contributed by atoms with E-state index in [1.807, 2.05) is 13.8 Å². The van der Waals surface area contributed by atoms with Crippen molar-refractivity contribution in [2.45, 2.75) is 33.3 Å². The van der Waals surface area contributed by atoms with Crippen molar-refractivity contribution < 1.29 is 9.53 Å². The van der Waals surface area contributed by atoms with Gasteiger partial charge in [-0.05, 0) is 31.4 Å². The molecule has 0 spiro atoms. The van der Waals surface area contributed by atoms with Gasteiger partial charge < -0.3 is 4.74 Å². The fraction of sp³-hybridized carbons (Fsp3) is 0.700. The summed E-state index contributed by atoms with van der Waals surface area (Å²) in [6, 6.07) is 0. The molecule has 0 radical (unpaired) electrons. The smallest absolute Gasteiger partial charge is 0.181 e. The first-order chi connectivity index (χ1) is 5.47. The average molecular weight is 168 g/mol. The van der Waals surface area contributed by atoms with Crippen LogP contribution in [-0.4, -0.2) is 18.0 Å². The average Bonchev–Trinajstić information content (AvgIpc) is 1.97. The highest BCUT2D eigenvalue weighted by atomic mass is 16.5. The molecule has 0 N–H and O–H groups in total. The number of hydrogen-bond acceptors (Lipinski definition) is 2. The molecule has 0 aliphatic carbocycles.